The Hall–Kier alpha value is -2.83. The maximum absolute atomic E-state index is 13.4. The number of rotatable bonds is 2. The Morgan fingerprint density at radius 3 is 2.50 bits per heavy atom. The van der Waals surface area contributed by atoms with E-state index in [0.29, 0.717) is 26.6 Å². The van der Waals surface area contributed by atoms with Gasteiger partial charge in [-0.3, -0.25) is 9.59 Å². The number of halogens is 2. The molecule has 0 saturated carbocycles. The summed E-state index contributed by atoms with van der Waals surface area (Å²) >= 11 is 12.5. The van der Waals surface area contributed by atoms with Crippen molar-refractivity contribution in [3.05, 3.63) is 68.6 Å². The number of fused-ring (bicyclic) bond motifs is 3. The fraction of sp³-hybridized carbons (Fsp3) is 0.150. The summed E-state index contributed by atoms with van der Waals surface area (Å²) in [4.78, 5) is 27.7. The van der Waals surface area contributed by atoms with Gasteiger partial charge in [0.25, 0.3) is 11.5 Å². The van der Waals surface area contributed by atoms with Crippen molar-refractivity contribution < 1.29 is 4.79 Å². The van der Waals surface area contributed by atoms with Crippen LogP contribution < -0.4 is 5.56 Å². The maximum atomic E-state index is 13.4. The van der Waals surface area contributed by atoms with Crippen molar-refractivity contribution in [1.82, 2.24) is 19.2 Å². The van der Waals surface area contributed by atoms with Crippen molar-refractivity contribution in [2.75, 3.05) is 14.1 Å². The van der Waals surface area contributed by atoms with Crippen LogP contribution in [-0.2, 0) is 7.05 Å². The number of benzene rings is 2. The first kappa shape index (κ1) is 18.5. The number of hydrogen-bond acceptors (Lipinski definition) is 3. The molecule has 2 aromatic heterocycles. The van der Waals surface area contributed by atoms with Crippen molar-refractivity contribution in [1.29, 1.82) is 0 Å². The lowest BCUT2D eigenvalue weighted by Crippen LogP contribution is -2.30. The van der Waals surface area contributed by atoms with Crippen molar-refractivity contribution in [3.8, 4) is 5.69 Å². The number of nitrogens with zero attached hydrogens (tertiary/aromatic N) is 4. The van der Waals surface area contributed by atoms with Crippen LogP contribution in [0.4, 0.5) is 0 Å². The molecule has 6 nitrogen and oxygen atoms in total. The van der Waals surface area contributed by atoms with E-state index in [1.807, 2.05) is 0 Å². The molecule has 0 aliphatic carbocycles. The highest BCUT2D eigenvalue weighted by molar-refractivity contribution is 6.32. The van der Waals surface area contributed by atoms with E-state index < -0.39 is 0 Å². The first-order chi connectivity index (χ1) is 13.3. The van der Waals surface area contributed by atoms with Gasteiger partial charge < -0.3 is 9.47 Å². The quantitative estimate of drug-likeness (QED) is 0.499. The lowest BCUT2D eigenvalue weighted by molar-refractivity contribution is 0.0822. The summed E-state index contributed by atoms with van der Waals surface area (Å²) in [5, 5.41) is 6.56. The van der Waals surface area contributed by atoms with Crippen LogP contribution in [0.2, 0.25) is 10.0 Å². The number of aromatic nitrogens is 3. The van der Waals surface area contributed by atoms with Crippen LogP contribution in [0.25, 0.3) is 27.5 Å². The molecule has 0 bridgehead atoms. The van der Waals surface area contributed by atoms with Crippen LogP contribution in [0.3, 0.4) is 0 Å². The molecule has 1 amide bonds. The van der Waals surface area contributed by atoms with Crippen LogP contribution in [0.15, 0.2) is 47.3 Å². The molecule has 2 aromatic carbocycles. The SMILES string of the molecule is CN(C)C(=O)c1nn(-c2ccccc2Cl)c(=O)c2c1c1ccc(Cl)cc1n2C. The van der Waals surface area contributed by atoms with Gasteiger partial charge in [0.15, 0.2) is 5.69 Å². The van der Waals surface area contributed by atoms with Crippen LogP contribution >= 0.6 is 23.2 Å². The third kappa shape index (κ3) is 2.68. The summed E-state index contributed by atoms with van der Waals surface area (Å²) < 4.78 is 2.92. The van der Waals surface area contributed by atoms with Crippen molar-refractivity contribution in [2.45, 2.75) is 0 Å². The lowest BCUT2D eigenvalue weighted by Gasteiger charge is -2.14. The third-order valence-electron chi connectivity index (χ3n) is 4.68. The van der Waals surface area contributed by atoms with E-state index in [1.54, 1.807) is 68.2 Å². The number of carbonyl (C=O) groups is 1. The Balaban J connectivity index is 2.24. The average molecular weight is 415 g/mol. The standard InChI is InChI=1S/C20H16Cl2N4O2/c1-24(2)19(27)17-16-12-9-8-11(21)10-15(12)25(3)18(16)20(28)26(23-17)14-7-5-4-6-13(14)22/h4-10H,1-3H3. The number of amides is 1. The van der Waals surface area contributed by atoms with E-state index in [2.05, 4.69) is 5.10 Å². The van der Waals surface area contributed by atoms with E-state index in [0.717, 1.165) is 10.9 Å². The van der Waals surface area contributed by atoms with Gasteiger partial charge >= 0.3 is 0 Å². The second-order valence-electron chi connectivity index (χ2n) is 6.66. The number of hydrogen-bond donors (Lipinski definition) is 0. The van der Waals surface area contributed by atoms with Gasteiger partial charge in [0.05, 0.1) is 16.2 Å². The minimum absolute atomic E-state index is 0.174. The van der Waals surface area contributed by atoms with Gasteiger partial charge in [-0.15, -0.1) is 0 Å². The molecule has 0 spiro atoms. The molecule has 0 atom stereocenters. The second-order valence-corrected chi connectivity index (χ2v) is 7.50. The number of carbonyl (C=O) groups excluding carboxylic acids is 1. The molecule has 28 heavy (non-hydrogen) atoms. The summed E-state index contributed by atoms with van der Waals surface area (Å²) in [6.07, 6.45) is 0. The van der Waals surface area contributed by atoms with Crippen LogP contribution in [0.1, 0.15) is 10.5 Å². The Morgan fingerprint density at radius 1 is 1.11 bits per heavy atom. The van der Waals surface area contributed by atoms with Crippen LogP contribution in [0.5, 0.6) is 0 Å². The van der Waals surface area contributed by atoms with E-state index in [9.17, 15) is 9.59 Å². The molecule has 0 aliphatic heterocycles. The van der Waals surface area contributed by atoms with E-state index in [1.165, 1.54) is 9.58 Å². The maximum Gasteiger partial charge on any atom is 0.296 e. The van der Waals surface area contributed by atoms with Crippen molar-refractivity contribution >= 4 is 50.9 Å². The van der Waals surface area contributed by atoms with E-state index in [-0.39, 0.29) is 17.2 Å². The van der Waals surface area contributed by atoms with Gasteiger partial charge in [0.2, 0.25) is 0 Å². The zero-order valence-corrected chi connectivity index (χ0v) is 16.9. The van der Waals surface area contributed by atoms with Gasteiger partial charge in [-0.2, -0.15) is 9.78 Å². The Kier molecular flexibility index (Phi) is 4.40. The van der Waals surface area contributed by atoms with Crippen molar-refractivity contribution in [3.63, 3.8) is 0 Å². The van der Waals surface area contributed by atoms with Crippen LogP contribution in [-0.4, -0.2) is 39.3 Å². The molecule has 0 unspecified atom stereocenters. The molecular weight excluding hydrogens is 399 g/mol. The zero-order valence-electron chi connectivity index (χ0n) is 15.4. The molecule has 0 fully saturated rings. The predicted octanol–water partition coefficient (Wildman–Crippen LogP) is 3.89. The highest BCUT2D eigenvalue weighted by Gasteiger charge is 2.25. The van der Waals surface area contributed by atoms with E-state index in [4.69, 9.17) is 23.2 Å². The number of para-hydroxylation sites is 1. The molecule has 0 saturated heterocycles. The Bertz CT molecular complexity index is 1320. The largest absolute Gasteiger partial charge is 0.343 e. The normalized spacial score (nSPS) is 11.3. The summed E-state index contributed by atoms with van der Waals surface area (Å²) in [5.74, 6) is -0.312. The molecular formula is C20H16Cl2N4O2. The molecule has 0 aliphatic rings. The Morgan fingerprint density at radius 2 is 1.82 bits per heavy atom. The fourth-order valence-electron chi connectivity index (χ4n) is 3.34. The molecule has 0 radical (unpaired) electrons. The van der Waals surface area contributed by atoms with Gasteiger partial charge in [0, 0.05) is 36.9 Å². The molecule has 8 heteroatoms. The summed E-state index contributed by atoms with van der Waals surface area (Å²) in [6, 6.07) is 12.2. The predicted molar refractivity (Wildman–Crippen MR) is 112 cm³/mol. The number of aryl methyl sites for hydroxylation is 1. The monoisotopic (exact) mass is 414 g/mol. The second kappa shape index (κ2) is 6.65. The minimum atomic E-state index is -0.367. The fourth-order valence-corrected chi connectivity index (χ4v) is 3.73. The lowest BCUT2D eigenvalue weighted by atomic mass is 10.1. The molecule has 4 rings (SSSR count). The highest BCUT2D eigenvalue weighted by atomic mass is 35.5. The zero-order chi connectivity index (χ0) is 20.2. The highest BCUT2D eigenvalue weighted by Crippen LogP contribution is 2.31. The molecule has 2 heterocycles. The van der Waals surface area contributed by atoms with Crippen LogP contribution in [0, 0.1) is 0 Å². The summed E-state index contributed by atoms with van der Waals surface area (Å²) in [5.41, 5.74) is 1.32. The van der Waals surface area contributed by atoms with E-state index >= 15 is 0 Å². The first-order valence-electron chi connectivity index (χ1n) is 8.48. The van der Waals surface area contributed by atoms with Gasteiger partial charge in [-0.25, -0.2) is 0 Å². The summed E-state index contributed by atoms with van der Waals surface area (Å²) in [7, 11) is 5.05. The Labute approximate surface area is 170 Å². The smallest absolute Gasteiger partial charge is 0.296 e. The summed E-state index contributed by atoms with van der Waals surface area (Å²) in [6.45, 7) is 0. The van der Waals surface area contributed by atoms with Crippen molar-refractivity contribution in [2.24, 2.45) is 7.05 Å². The van der Waals surface area contributed by atoms with Gasteiger partial charge in [-0.1, -0.05) is 41.4 Å². The van der Waals surface area contributed by atoms with Gasteiger partial charge in [0.1, 0.15) is 5.52 Å². The topological polar surface area (TPSA) is 60.1 Å². The first-order valence-corrected chi connectivity index (χ1v) is 9.24. The third-order valence-corrected chi connectivity index (χ3v) is 5.24. The molecule has 4 aromatic rings. The molecule has 0 N–H and O–H groups in total. The van der Waals surface area contributed by atoms with Gasteiger partial charge in [-0.05, 0) is 24.3 Å². The average Bonchev–Trinajstić information content (AvgIpc) is 2.95. The molecule has 142 valence electrons. The minimum Gasteiger partial charge on any atom is -0.343 e.